The first-order valence-electron chi connectivity index (χ1n) is 12.3. The molecule has 0 aliphatic rings. The molecule has 0 aliphatic carbocycles. The Labute approximate surface area is 186 Å². The zero-order valence-electron chi connectivity index (χ0n) is 20.8. The molecule has 0 atom stereocenters. The Bertz CT molecular complexity index is 431. The molecule has 0 aliphatic heterocycles. The fraction of sp³-hybridized carbons (Fsp3) is 0.920. The van der Waals surface area contributed by atoms with Crippen LogP contribution in [-0.4, -0.2) is 42.3 Å². The van der Waals surface area contributed by atoms with Crippen LogP contribution in [0.2, 0.25) is 0 Å². The second-order valence-corrected chi connectivity index (χ2v) is 9.52. The summed E-state index contributed by atoms with van der Waals surface area (Å²) in [4.78, 5) is 25.9. The highest BCUT2D eigenvalue weighted by molar-refractivity contribution is 5.70. The van der Waals surface area contributed by atoms with E-state index in [1.54, 1.807) is 7.05 Å². The standard InChI is InChI=1S/C25H49NO4/c1-7-9-11-13-15-18-22(19-16-14-12-10-8-2)29-23(27)20-17-21-26(6)24(28)30-25(3,4)5/h22H,7-21H2,1-6H3. The monoisotopic (exact) mass is 427 g/mol. The summed E-state index contributed by atoms with van der Waals surface area (Å²) in [5.74, 6) is -0.139. The molecule has 0 N–H and O–H groups in total. The zero-order valence-corrected chi connectivity index (χ0v) is 20.8. The summed E-state index contributed by atoms with van der Waals surface area (Å²) in [5.41, 5.74) is -0.508. The maximum Gasteiger partial charge on any atom is 0.410 e. The van der Waals surface area contributed by atoms with E-state index in [2.05, 4.69) is 13.8 Å². The molecular formula is C25H49NO4. The van der Waals surface area contributed by atoms with Crippen molar-refractivity contribution in [3.63, 3.8) is 0 Å². The first kappa shape index (κ1) is 28.7. The molecule has 5 heteroatoms. The number of unbranched alkanes of at least 4 members (excludes halogenated alkanes) is 8. The van der Waals surface area contributed by atoms with Gasteiger partial charge in [0.05, 0.1) is 0 Å². The third-order valence-corrected chi connectivity index (χ3v) is 5.14. The minimum absolute atomic E-state index is 0.0457. The largest absolute Gasteiger partial charge is 0.462 e. The number of nitrogens with zero attached hydrogens (tertiary/aromatic N) is 1. The van der Waals surface area contributed by atoms with Gasteiger partial charge in [-0.3, -0.25) is 4.79 Å². The predicted molar refractivity (Wildman–Crippen MR) is 125 cm³/mol. The second-order valence-electron chi connectivity index (χ2n) is 9.52. The molecule has 0 aromatic carbocycles. The molecule has 0 fully saturated rings. The Morgan fingerprint density at radius 2 is 1.30 bits per heavy atom. The number of hydrogen-bond donors (Lipinski definition) is 0. The van der Waals surface area contributed by atoms with Crippen LogP contribution in [0.3, 0.4) is 0 Å². The van der Waals surface area contributed by atoms with Crippen molar-refractivity contribution in [2.75, 3.05) is 13.6 Å². The molecule has 0 heterocycles. The third kappa shape index (κ3) is 17.6. The topological polar surface area (TPSA) is 55.8 Å². The third-order valence-electron chi connectivity index (χ3n) is 5.14. The van der Waals surface area contributed by atoms with Crippen molar-refractivity contribution in [1.82, 2.24) is 4.90 Å². The molecule has 30 heavy (non-hydrogen) atoms. The van der Waals surface area contributed by atoms with Crippen molar-refractivity contribution in [3.05, 3.63) is 0 Å². The van der Waals surface area contributed by atoms with Crippen LogP contribution in [0, 0.1) is 0 Å². The van der Waals surface area contributed by atoms with Gasteiger partial charge in [0.25, 0.3) is 0 Å². The van der Waals surface area contributed by atoms with Gasteiger partial charge in [0.15, 0.2) is 0 Å². The minimum Gasteiger partial charge on any atom is -0.462 e. The lowest BCUT2D eigenvalue weighted by molar-refractivity contribution is -0.150. The highest BCUT2D eigenvalue weighted by atomic mass is 16.6. The summed E-state index contributed by atoms with van der Waals surface area (Å²) in [6.45, 7) is 10.5. The summed E-state index contributed by atoms with van der Waals surface area (Å²) in [7, 11) is 1.70. The van der Waals surface area contributed by atoms with Crippen LogP contribution in [0.15, 0.2) is 0 Å². The highest BCUT2D eigenvalue weighted by Gasteiger charge is 2.20. The van der Waals surface area contributed by atoms with Gasteiger partial charge in [-0.15, -0.1) is 0 Å². The van der Waals surface area contributed by atoms with Gasteiger partial charge >= 0.3 is 12.1 Å². The average Bonchev–Trinajstić information content (AvgIpc) is 2.65. The lowest BCUT2D eigenvalue weighted by Gasteiger charge is -2.24. The SMILES string of the molecule is CCCCCCCC(CCCCCCC)OC(=O)CCCN(C)C(=O)OC(C)(C)C. The van der Waals surface area contributed by atoms with E-state index in [-0.39, 0.29) is 18.2 Å². The van der Waals surface area contributed by atoms with E-state index in [4.69, 9.17) is 9.47 Å². The molecule has 0 saturated heterocycles. The minimum atomic E-state index is -0.508. The number of carbonyl (C=O) groups is 2. The van der Waals surface area contributed by atoms with Crippen LogP contribution in [0.25, 0.3) is 0 Å². The van der Waals surface area contributed by atoms with Gasteiger partial charge in [-0.05, 0) is 52.9 Å². The maximum absolute atomic E-state index is 12.3. The molecule has 0 rings (SSSR count). The molecule has 1 amide bonds. The van der Waals surface area contributed by atoms with Gasteiger partial charge < -0.3 is 14.4 Å². The number of rotatable bonds is 17. The predicted octanol–water partition coefficient (Wildman–Crippen LogP) is 7.27. The molecule has 0 saturated carbocycles. The van der Waals surface area contributed by atoms with Crippen LogP contribution in [0.5, 0.6) is 0 Å². The fourth-order valence-electron chi connectivity index (χ4n) is 3.35. The van der Waals surface area contributed by atoms with Gasteiger partial charge in [0.2, 0.25) is 0 Å². The first-order valence-corrected chi connectivity index (χ1v) is 12.3. The van der Waals surface area contributed by atoms with E-state index in [1.165, 1.54) is 56.3 Å². The fourth-order valence-corrected chi connectivity index (χ4v) is 3.35. The van der Waals surface area contributed by atoms with E-state index < -0.39 is 5.60 Å². The van der Waals surface area contributed by atoms with Gasteiger partial charge in [-0.2, -0.15) is 0 Å². The quantitative estimate of drug-likeness (QED) is 0.181. The molecule has 0 unspecified atom stereocenters. The summed E-state index contributed by atoms with van der Waals surface area (Å²) in [5, 5.41) is 0. The van der Waals surface area contributed by atoms with Gasteiger partial charge in [-0.1, -0.05) is 65.2 Å². The molecular weight excluding hydrogens is 378 g/mol. The number of amides is 1. The van der Waals surface area contributed by atoms with E-state index in [0.717, 1.165) is 25.7 Å². The molecule has 0 spiro atoms. The number of esters is 1. The van der Waals surface area contributed by atoms with E-state index in [1.807, 2.05) is 20.8 Å². The van der Waals surface area contributed by atoms with E-state index in [0.29, 0.717) is 19.4 Å². The molecule has 0 aromatic heterocycles. The lowest BCUT2D eigenvalue weighted by Crippen LogP contribution is -2.35. The van der Waals surface area contributed by atoms with Crippen LogP contribution < -0.4 is 0 Å². The Morgan fingerprint density at radius 3 is 1.77 bits per heavy atom. The van der Waals surface area contributed by atoms with Crippen molar-refractivity contribution >= 4 is 12.1 Å². The smallest absolute Gasteiger partial charge is 0.410 e. The molecule has 5 nitrogen and oxygen atoms in total. The maximum atomic E-state index is 12.3. The Kier molecular flexibility index (Phi) is 16.7. The highest BCUT2D eigenvalue weighted by Crippen LogP contribution is 2.17. The normalized spacial score (nSPS) is 11.6. The average molecular weight is 428 g/mol. The molecule has 178 valence electrons. The van der Waals surface area contributed by atoms with Crippen LogP contribution in [0.4, 0.5) is 4.79 Å². The summed E-state index contributed by atoms with van der Waals surface area (Å²) >= 11 is 0. The Morgan fingerprint density at radius 1 is 0.800 bits per heavy atom. The van der Waals surface area contributed by atoms with Crippen molar-refractivity contribution in [2.45, 2.75) is 136 Å². The van der Waals surface area contributed by atoms with Crippen LogP contribution in [0.1, 0.15) is 125 Å². The summed E-state index contributed by atoms with van der Waals surface area (Å²) < 4.78 is 11.1. The number of hydrogen-bond acceptors (Lipinski definition) is 4. The number of carbonyl (C=O) groups excluding carboxylic acids is 2. The van der Waals surface area contributed by atoms with Gasteiger partial charge in [0, 0.05) is 20.0 Å². The first-order chi connectivity index (χ1) is 14.2. The second kappa shape index (κ2) is 17.4. The van der Waals surface area contributed by atoms with Gasteiger partial charge in [-0.25, -0.2) is 4.79 Å². The van der Waals surface area contributed by atoms with Crippen LogP contribution >= 0.6 is 0 Å². The van der Waals surface area contributed by atoms with E-state index >= 15 is 0 Å². The molecule has 0 radical (unpaired) electrons. The van der Waals surface area contributed by atoms with Gasteiger partial charge in [0.1, 0.15) is 11.7 Å². The van der Waals surface area contributed by atoms with Crippen molar-refractivity contribution in [2.24, 2.45) is 0 Å². The summed E-state index contributed by atoms with van der Waals surface area (Å²) in [6.07, 6.45) is 14.9. The zero-order chi connectivity index (χ0) is 22.8. The lowest BCUT2D eigenvalue weighted by atomic mass is 10.0. The Balaban J connectivity index is 4.27. The Hall–Kier alpha value is -1.26. The number of ether oxygens (including phenoxy) is 2. The van der Waals surface area contributed by atoms with E-state index in [9.17, 15) is 9.59 Å². The summed E-state index contributed by atoms with van der Waals surface area (Å²) in [6, 6.07) is 0. The van der Waals surface area contributed by atoms with Crippen molar-refractivity contribution in [3.8, 4) is 0 Å². The van der Waals surface area contributed by atoms with Crippen molar-refractivity contribution in [1.29, 1.82) is 0 Å². The van der Waals surface area contributed by atoms with Crippen molar-refractivity contribution < 1.29 is 19.1 Å². The molecule has 0 bridgehead atoms. The van der Waals surface area contributed by atoms with Crippen LogP contribution in [-0.2, 0) is 14.3 Å². The molecule has 0 aromatic rings.